The maximum absolute atomic E-state index is 6.27. The number of hydrogen-bond acceptors (Lipinski definition) is 1. The van der Waals surface area contributed by atoms with Crippen LogP contribution in [0.2, 0.25) is 19.6 Å². The van der Waals surface area contributed by atoms with Gasteiger partial charge in [-0.05, 0) is 43.9 Å². The van der Waals surface area contributed by atoms with Gasteiger partial charge in [0, 0.05) is 12.8 Å². The zero-order chi connectivity index (χ0) is 14.0. The molecular weight excluding hydrogens is 363 g/mol. The Morgan fingerprint density at radius 2 is 1.84 bits per heavy atom. The second-order valence-electron chi connectivity index (χ2n) is 6.40. The molecule has 1 aromatic rings. The van der Waals surface area contributed by atoms with E-state index >= 15 is 0 Å². The highest BCUT2D eigenvalue weighted by atomic mass is 127. The van der Waals surface area contributed by atoms with Gasteiger partial charge in [-0.15, -0.1) is 0 Å². The quantitative estimate of drug-likeness (QED) is 0.526. The van der Waals surface area contributed by atoms with Crippen molar-refractivity contribution in [2.24, 2.45) is 0 Å². The highest BCUT2D eigenvalue weighted by molar-refractivity contribution is 14.1. The van der Waals surface area contributed by atoms with E-state index in [1.165, 1.54) is 5.56 Å². The van der Waals surface area contributed by atoms with Crippen molar-refractivity contribution in [1.29, 1.82) is 0 Å². The van der Waals surface area contributed by atoms with Crippen molar-refractivity contribution in [3.05, 3.63) is 44.7 Å². The van der Waals surface area contributed by atoms with Gasteiger partial charge in [-0.1, -0.05) is 50.0 Å². The van der Waals surface area contributed by atoms with Gasteiger partial charge < -0.3 is 4.74 Å². The first-order valence-corrected chi connectivity index (χ1v) is 11.5. The Morgan fingerprint density at radius 3 is 2.42 bits per heavy atom. The fourth-order valence-corrected chi connectivity index (χ4v) is 8.25. The lowest BCUT2D eigenvalue weighted by atomic mass is 10.0. The van der Waals surface area contributed by atoms with E-state index in [2.05, 4.69) is 79.5 Å². The van der Waals surface area contributed by atoms with E-state index in [0.29, 0.717) is 6.10 Å². The molecule has 1 nitrogen and oxygen atoms in total. The fourth-order valence-electron chi connectivity index (χ4n) is 2.80. The molecule has 0 unspecified atom stereocenters. The first-order chi connectivity index (χ1) is 8.88. The van der Waals surface area contributed by atoms with Crippen molar-refractivity contribution >= 4 is 30.7 Å². The molecule has 1 aliphatic rings. The molecule has 2 atom stereocenters. The summed E-state index contributed by atoms with van der Waals surface area (Å²) in [7, 11) is -1.32. The van der Waals surface area contributed by atoms with Gasteiger partial charge >= 0.3 is 0 Å². The molecular formula is C16H23IOSi. The van der Waals surface area contributed by atoms with Gasteiger partial charge in [0.1, 0.15) is 0 Å². The number of halogens is 1. The van der Waals surface area contributed by atoms with Gasteiger partial charge in [0.15, 0.2) is 0 Å². The second-order valence-corrected chi connectivity index (χ2v) is 12.7. The molecule has 0 bridgehead atoms. The van der Waals surface area contributed by atoms with Gasteiger partial charge in [-0.3, -0.25) is 0 Å². The van der Waals surface area contributed by atoms with Gasteiger partial charge in [-0.25, -0.2) is 0 Å². The van der Waals surface area contributed by atoms with Crippen LogP contribution in [-0.4, -0.2) is 20.3 Å². The van der Waals surface area contributed by atoms with Crippen LogP contribution in [0.15, 0.2) is 39.1 Å². The molecule has 1 aliphatic heterocycles. The molecule has 0 amide bonds. The zero-order valence-electron chi connectivity index (χ0n) is 12.2. The molecule has 0 fully saturated rings. The van der Waals surface area contributed by atoms with Crippen LogP contribution in [-0.2, 0) is 11.2 Å². The van der Waals surface area contributed by atoms with E-state index < -0.39 is 8.07 Å². The van der Waals surface area contributed by atoms with Crippen LogP contribution in [0.3, 0.4) is 0 Å². The van der Waals surface area contributed by atoms with Crippen LogP contribution >= 0.6 is 22.6 Å². The van der Waals surface area contributed by atoms with Crippen molar-refractivity contribution in [3.63, 3.8) is 0 Å². The van der Waals surface area contributed by atoms with E-state index in [1.807, 2.05) is 0 Å². The molecule has 19 heavy (non-hydrogen) atoms. The minimum Gasteiger partial charge on any atom is -0.371 e. The molecule has 0 radical (unpaired) electrons. The Bertz CT molecular complexity index is 461. The van der Waals surface area contributed by atoms with E-state index in [-0.39, 0.29) is 6.10 Å². The minimum absolute atomic E-state index is 0.282. The number of hydrogen-bond donors (Lipinski definition) is 0. The average molecular weight is 386 g/mol. The van der Waals surface area contributed by atoms with Gasteiger partial charge in [-0.2, -0.15) is 0 Å². The van der Waals surface area contributed by atoms with Crippen LogP contribution in [0.1, 0.15) is 18.9 Å². The highest BCUT2D eigenvalue weighted by Crippen LogP contribution is 2.36. The van der Waals surface area contributed by atoms with E-state index in [4.69, 9.17) is 4.74 Å². The lowest BCUT2D eigenvalue weighted by molar-refractivity contribution is 0.0137. The maximum atomic E-state index is 6.27. The molecule has 0 aliphatic carbocycles. The first kappa shape index (κ1) is 15.3. The van der Waals surface area contributed by atoms with Crippen molar-refractivity contribution in [3.8, 4) is 0 Å². The molecule has 0 aromatic heterocycles. The molecule has 1 aromatic carbocycles. The summed E-state index contributed by atoms with van der Waals surface area (Å²) in [4.78, 5) is 0. The van der Waals surface area contributed by atoms with Crippen molar-refractivity contribution in [1.82, 2.24) is 0 Å². The number of ether oxygens (including phenoxy) is 1. The maximum Gasteiger partial charge on any atom is 0.0804 e. The third-order valence-corrected chi connectivity index (χ3v) is 7.32. The first-order valence-electron chi connectivity index (χ1n) is 6.96. The fraction of sp³-hybridized carbons (Fsp3) is 0.500. The monoisotopic (exact) mass is 386 g/mol. The molecule has 0 saturated heterocycles. The lowest BCUT2D eigenvalue weighted by Crippen LogP contribution is -2.40. The van der Waals surface area contributed by atoms with Crippen LogP contribution in [0.4, 0.5) is 0 Å². The molecule has 2 rings (SSSR count). The van der Waals surface area contributed by atoms with E-state index in [1.54, 1.807) is 8.78 Å². The second kappa shape index (κ2) is 6.10. The highest BCUT2D eigenvalue weighted by Gasteiger charge is 2.34. The van der Waals surface area contributed by atoms with E-state index in [9.17, 15) is 0 Å². The predicted molar refractivity (Wildman–Crippen MR) is 93.5 cm³/mol. The number of rotatable bonds is 3. The third-order valence-electron chi connectivity index (χ3n) is 3.55. The summed E-state index contributed by atoms with van der Waals surface area (Å²) in [6, 6.07) is 10.7. The summed E-state index contributed by atoms with van der Waals surface area (Å²) in [5.74, 6) is 0. The van der Waals surface area contributed by atoms with E-state index in [0.717, 1.165) is 12.8 Å². The standard InChI is InChI=1S/C16H23IOSi/c1-12-10-14(17)16(19(2,3)4)15(18-12)11-13-8-6-5-7-9-13/h5-9,12,15H,10-11H2,1-4H3/t12-,15+/m0/s1. The Morgan fingerprint density at radius 1 is 1.21 bits per heavy atom. The molecule has 104 valence electrons. The van der Waals surface area contributed by atoms with Crippen molar-refractivity contribution < 1.29 is 4.74 Å². The van der Waals surface area contributed by atoms with Crippen LogP contribution in [0, 0.1) is 0 Å². The molecule has 1 heterocycles. The smallest absolute Gasteiger partial charge is 0.0804 e. The van der Waals surface area contributed by atoms with Gasteiger partial charge in [0.2, 0.25) is 0 Å². The van der Waals surface area contributed by atoms with Gasteiger partial charge in [0.05, 0.1) is 20.3 Å². The van der Waals surface area contributed by atoms with Crippen LogP contribution in [0.5, 0.6) is 0 Å². The van der Waals surface area contributed by atoms with Crippen molar-refractivity contribution in [2.75, 3.05) is 0 Å². The zero-order valence-corrected chi connectivity index (χ0v) is 15.4. The Kier molecular flexibility index (Phi) is 4.90. The molecule has 0 saturated carbocycles. The Labute approximate surface area is 131 Å². The molecule has 0 spiro atoms. The van der Waals surface area contributed by atoms with Crippen LogP contribution in [0.25, 0.3) is 0 Å². The van der Waals surface area contributed by atoms with Crippen molar-refractivity contribution in [2.45, 2.75) is 51.6 Å². The third kappa shape index (κ3) is 3.92. The normalized spacial score (nSPS) is 24.7. The van der Waals surface area contributed by atoms with Crippen LogP contribution < -0.4 is 0 Å². The average Bonchev–Trinajstić information content (AvgIpc) is 2.27. The Hall–Kier alpha value is -0.133. The topological polar surface area (TPSA) is 9.23 Å². The van der Waals surface area contributed by atoms with Gasteiger partial charge in [0.25, 0.3) is 0 Å². The predicted octanol–water partition coefficient (Wildman–Crippen LogP) is 4.97. The number of benzene rings is 1. The summed E-state index contributed by atoms with van der Waals surface area (Å²) in [5.41, 5.74) is 1.38. The summed E-state index contributed by atoms with van der Waals surface area (Å²) in [6.07, 6.45) is 2.73. The summed E-state index contributed by atoms with van der Waals surface area (Å²) < 4.78 is 7.82. The molecule has 0 N–H and O–H groups in total. The summed E-state index contributed by atoms with van der Waals surface area (Å²) in [6.45, 7) is 9.48. The summed E-state index contributed by atoms with van der Waals surface area (Å²) in [5, 5.41) is 1.62. The summed E-state index contributed by atoms with van der Waals surface area (Å²) >= 11 is 2.55. The SMILES string of the molecule is C[C@H]1CC(I)=C([Si](C)(C)C)[C@@H](Cc2ccccc2)O1. The Balaban J connectivity index is 2.28. The minimum atomic E-state index is -1.32. The molecule has 3 heteroatoms. The lowest BCUT2D eigenvalue weighted by Gasteiger charge is -2.37. The largest absolute Gasteiger partial charge is 0.371 e.